The number of benzene rings is 1. The van der Waals surface area contributed by atoms with Gasteiger partial charge in [-0.05, 0) is 18.2 Å². The van der Waals surface area contributed by atoms with Crippen molar-refractivity contribution in [3.05, 3.63) is 28.4 Å². The molecule has 1 aromatic carbocycles. The van der Waals surface area contributed by atoms with Gasteiger partial charge in [-0.25, -0.2) is 8.42 Å². The molecule has 0 spiro atoms. The topological polar surface area (TPSA) is 116 Å². The van der Waals surface area contributed by atoms with E-state index in [4.69, 9.17) is 5.73 Å². The highest BCUT2D eigenvalue weighted by atomic mass is 79.9. The number of carbonyl (C=O) groups excluding carboxylic acids is 1. The maximum Gasteiger partial charge on any atom is 0.266 e. The van der Waals surface area contributed by atoms with Crippen LogP contribution in [0.15, 0.2) is 27.6 Å². The third-order valence-corrected chi connectivity index (χ3v) is 5.80. The summed E-state index contributed by atoms with van der Waals surface area (Å²) >= 11 is 3.28. The van der Waals surface area contributed by atoms with Gasteiger partial charge in [0.2, 0.25) is 10.0 Å². The number of aliphatic hydroxyl groups is 1. The molecule has 1 aliphatic heterocycles. The average Bonchev–Trinajstić information content (AvgIpc) is 2.74. The number of rotatable bonds is 3. The molecule has 3 rings (SSSR count). The maximum absolute atomic E-state index is 12.6. The number of β-amino-alcohol motifs (C(OH)–C–C–N with tert-alkyl or cyclic N) is 1. The van der Waals surface area contributed by atoms with Crippen LogP contribution in [0.25, 0.3) is 10.9 Å². The lowest BCUT2D eigenvalue weighted by atomic mass is 10.2. The number of H-pyrrole nitrogens is 1. The molecule has 0 atom stereocenters. The van der Waals surface area contributed by atoms with Crippen molar-refractivity contribution in [2.24, 2.45) is 5.73 Å². The Morgan fingerprint density at radius 1 is 1.43 bits per heavy atom. The summed E-state index contributed by atoms with van der Waals surface area (Å²) in [5.41, 5.74) is 5.64. The number of primary amides is 1. The zero-order valence-corrected chi connectivity index (χ0v) is 13.1. The first-order chi connectivity index (χ1) is 9.80. The Morgan fingerprint density at radius 3 is 2.67 bits per heavy atom. The van der Waals surface area contributed by atoms with E-state index >= 15 is 0 Å². The van der Waals surface area contributed by atoms with Crippen molar-refractivity contribution in [3.8, 4) is 0 Å². The lowest BCUT2D eigenvalue weighted by molar-refractivity contribution is 0.0548. The van der Waals surface area contributed by atoms with Gasteiger partial charge in [0.1, 0.15) is 10.6 Å². The van der Waals surface area contributed by atoms with Crippen molar-refractivity contribution in [1.82, 2.24) is 9.29 Å². The fourth-order valence-electron chi connectivity index (χ4n) is 2.32. The van der Waals surface area contributed by atoms with Crippen LogP contribution in [-0.2, 0) is 10.0 Å². The van der Waals surface area contributed by atoms with Crippen LogP contribution in [-0.4, -0.2) is 47.9 Å². The van der Waals surface area contributed by atoms with Gasteiger partial charge in [0.15, 0.2) is 0 Å². The number of sulfonamides is 1. The van der Waals surface area contributed by atoms with Crippen LogP contribution in [0.1, 0.15) is 10.5 Å². The van der Waals surface area contributed by atoms with Gasteiger partial charge < -0.3 is 15.8 Å². The summed E-state index contributed by atoms with van der Waals surface area (Å²) in [6, 6.07) is 5.00. The lowest BCUT2D eigenvalue weighted by Gasteiger charge is -2.34. The molecule has 1 amide bonds. The molecule has 1 saturated heterocycles. The van der Waals surface area contributed by atoms with Crippen LogP contribution in [0.2, 0.25) is 0 Å². The molecule has 2 aromatic rings. The highest BCUT2D eigenvalue weighted by Crippen LogP contribution is 2.33. The van der Waals surface area contributed by atoms with Gasteiger partial charge in [0.25, 0.3) is 5.91 Å². The Bertz CT molecular complexity index is 840. The highest BCUT2D eigenvalue weighted by molar-refractivity contribution is 9.10. The number of aromatic amines is 1. The summed E-state index contributed by atoms with van der Waals surface area (Å²) < 4.78 is 27.1. The lowest BCUT2D eigenvalue weighted by Crippen LogP contribution is -2.53. The predicted octanol–water partition coefficient (Wildman–Crippen LogP) is 0.394. The number of carbonyl (C=O) groups is 1. The summed E-state index contributed by atoms with van der Waals surface area (Å²) in [7, 11) is -3.89. The Labute approximate surface area is 128 Å². The van der Waals surface area contributed by atoms with E-state index in [-0.39, 0.29) is 23.7 Å². The van der Waals surface area contributed by atoms with E-state index in [2.05, 4.69) is 20.9 Å². The van der Waals surface area contributed by atoms with Crippen molar-refractivity contribution < 1.29 is 18.3 Å². The average molecular weight is 374 g/mol. The number of aromatic nitrogens is 1. The minimum atomic E-state index is -3.89. The van der Waals surface area contributed by atoms with Crippen LogP contribution in [0.4, 0.5) is 0 Å². The third-order valence-electron chi connectivity index (χ3n) is 3.39. The molecule has 112 valence electrons. The summed E-state index contributed by atoms with van der Waals surface area (Å²) in [5, 5.41) is 9.69. The highest BCUT2D eigenvalue weighted by Gasteiger charge is 2.39. The number of halogens is 1. The molecule has 0 aliphatic carbocycles. The molecule has 21 heavy (non-hydrogen) atoms. The van der Waals surface area contributed by atoms with Gasteiger partial charge in [-0.2, -0.15) is 4.31 Å². The fourth-order valence-corrected chi connectivity index (χ4v) is 4.54. The first-order valence-electron chi connectivity index (χ1n) is 6.10. The van der Waals surface area contributed by atoms with E-state index in [9.17, 15) is 18.3 Å². The Morgan fingerprint density at radius 2 is 2.10 bits per heavy atom. The third kappa shape index (κ3) is 2.26. The summed E-state index contributed by atoms with van der Waals surface area (Å²) in [6.07, 6.45) is -0.672. The van der Waals surface area contributed by atoms with Crippen LogP contribution < -0.4 is 5.73 Å². The second kappa shape index (κ2) is 4.80. The number of hydrogen-bond donors (Lipinski definition) is 3. The smallest absolute Gasteiger partial charge is 0.266 e. The normalized spacial score (nSPS) is 17.0. The zero-order chi connectivity index (χ0) is 15.4. The van der Waals surface area contributed by atoms with Crippen LogP contribution in [0, 0.1) is 0 Å². The summed E-state index contributed by atoms with van der Waals surface area (Å²) in [6.45, 7) is 0.0302. The molecular formula is C12H12BrN3O4S. The van der Waals surface area contributed by atoms with Gasteiger partial charge >= 0.3 is 0 Å². The molecule has 1 fully saturated rings. The standard InChI is InChI=1S/C12H12BrN3O4S/c13-6-1-2-9-8(3-6)11(10(15-9)12(14)18)21(19,20)16-4-7(17)5-16/h1-3,7,15,17H,4-5H2,(H2,14,18). The zero-order valence-electron chi connectivity index (χ0n) is 10.7. The molecule has 9 heteroatoms. The Kier molecular flexibility index (Phi) is 3.32. The van der Waals surface area contributed by atoms with E-state index < -0.39 is 22.0 Å². The molecule has 1 aromatic heterocycles. The van der Waals surface area contributed by atoms with Gasteiger partial charge in [0, 0.05) is 28.5 Å². The summed E-state index contributed by atoms with van der Waals surface area (Å²) in [5.74, 6) is -0.845. The van der Waals surface area contributed by atoms with Gasteiger partial charge in [-0.3, -0.25) is 4.79 Å². The molecule has 2 heterocycles. The Balaban J connectivity index is 2.27. The molecule has 0 unspecified atom stereocenters. The molecule has 0 radical (unpaired) electrons. The first-order valence-corrected chi connectivity index (χ1v) is 8.33. The van der Waals surface area contributed by atoms with Crippen molar-refractivity contribution in [2.45, 2.75) is 11.0 Å². The number of nitrogens with one attached hydrogen (secondary N) is 1. The molecule has 1 aliphatic rings. The quantitative estimate of drug-likeness (QED) is 0.721. The largest absolute Gasteiger partial charge is 0.390 e. The Hall–Kier alpha value is -1.42. The first kappa shape index (κ1) is 14.5. The predicted molar refractivity (Wildman–Crippen MR) is 79.3 cm³/mol. The second-order valence-corrected chi connectivity index (χ2v) is 7.65. The van der Waals surface area contributed by atoms with Gasteiger partial charge in [-0.1, -0.05) is 15.9 Å². The molecule has 7 nitrogen and oxygen atoms in total. The van der Waals surface area contributed by atoms with E-state index in [1.54, 1.807) is 18.2 Å². The molecule has 4 N–H and O–H groups in total. The van der Waals surface area contributed by atoms with Gasteiger partial charge in [0.05, 0.1) is 6.10 Å². The van der Waals surface area contributed by atoms with E-state index in [0.29, 0.717) is 15.4 Å². The number of nitrogens with two attached hydrogens (primary N) is 1. The number of fused-ring (bicyclic) bond motifs is 1. The van der Waals surface area contributed by atoms with Crippen LogP contribution in [0.5, 0.6) is 0 Å². The molecular weight excluding hydrogens is 362 g/mol. The summed E-state index contributed by atoms with van der Waals surface area (Å²) in [4.78, 5) is 14.2. The van der Waals surface area contributed by atoms with Crippen molar-refractivity contribution in [1.29, 1.82) is 0 Å². The number of nitrogens with zero attached hydrogens (tertiary/aromatic N) is 1. The second-order valence-electron chi connectivity index (χ2n) is 4.86. The van der Waals surface area contributed by atoms with Crippen molar-refractivity contribution >= 4 is 42.8 Å². The van der Waals surface area contributed by atoms with E-state index in [1.165, 1.54) is 0 Å². The number of hydrogen-bond acceptors (Lipinski definition) is 4. The van der Waals surface area contributed by atoms with Crippen molar-refractivity contribution in [3.63, 3.8) is 0 Å². The minimum absolute atomic E-state index is 0.0151. The molecule has 0 bridgehead atoms. The van der Waals surface area contributed by atoms with Crippen LogP contribution >= 0.6 is 15.9 Å². The molecule has 0 saturated carbocycles. The van der Waals surface area contributed by atoms with Crippen molar-refractivity contribution in [2.75, 3.05) is 13.1 Å². The van der Waals surface area contributed by atoms with Crippen LogP contribution in [0.3, 0.4) is 0 Å². The monoisotopic (exact) mass is 373 g/mol. The number of amides is 1. The van der Waals surface area contributed by atoms with Gasteiger partial charge in [-0.15, -0.1) is 0 Å². The van der Waals surface area contributed by atoms with E-state index in [1.807, 2.05) is 0 Å². The SMILES string of the molecule is NC(=O)c1[nH]c2ccc(Br)cc2c1S(=O)(=O)N1CC(O)C1. The maximum atomic E-state index is 12.6. The fraction of sp³-hybridized carbons (Fsp3) is 0.250. The number of aliphatic hydroxyl groups excluding tert-OH is 1. The minimum Gasteiger partial charge on any atom is -0.390 e. The van der Waals surface area contributed by atoms with E-state index in [0.717, 1.165) is 4.31 Å².